The molecule has 0 unspecified atom stereocenters. The monoisotopic (exact) mass is 590 g/mol. The molecule has 3 heteroatoms. The number of hydrogen-bond acceptors (Lipinski definition) is 2. The van der Waals surface area contributed by atoms with Crippen LogP contribution in [0.5, 0.6) is 0 Å². The predicted molar refractivity (Wildman–Crippen MR) is 126 cm³/mol. The molecule has 2 heterocycles. The third-order valence-electron chi connectivity index (χ3n) is 4.67. The van der Waals surface area contributed by atoms with Crippen molar-refractivity contribution in [2.45, 2.75) is 6.92 Å². The zero-order valence-electron chi connectivity index (χ0n) is 17.6. The van der Waals surface area contributed by atoms with Gasteiger partial charge in [-0.25, -0.2) is 17.7 Å². The van der Waals surface area contributed by atoms with E-state index < -0.39 is 0 Å². The van der Waals surface area contributed by atoms with Crippen LogP contribution >= 0.6 is 0 Å². The first kappa shape index (κ1) is 23.3. The first-order valence-electron chi connectivity index (χ1n) is 10.1. The summed E-state index contributed by atoms with van der Waals surface area (Å²) in [4.78, 5) is 8.61. The van der Waals surface area contributed by atoms with Crippen molar-refractivity contribution in [3.63, 3.8) is 0 Å². The summed E-state index contributed by atoms with van der Waals surface area (Å²) in [5.74, 6) is 0. The molecule has 0 atom stereocenters. The molecule has 0 aliphatic heterocycles. The maximum atomic E-state index is 4.45. The second-order valence-electron chi connectivity index (χ2n) is 6.98. The van der Waals surface area contributed by atoms with Crippen LogP contribution < -0.4 is 0 Å². The molecular weight excluding hydrogens is 569 g/mol. The van der Waals surface area contributed by atoms with Crippen molar-refractivity contribution in [1.29, 1.82) is 0 Å². The normalized spacial score (nSPS) is 9.78. The summed E-state index contributed by atoms with van der Waals surface area (Å²) in [5, 5.41) is 0. The van der Waals surface area contributed by atoms with Crippen LogP contribution in [-0.2, 0) is 20.1 Å². The average molecular weight is 590 g/mol. The Morgan fingerprint density at radius 3 is 2.09 bits per heavy atom. The summed E-state index contributed by atoms with van der Waals surface area (Å²) < 4.78 is 0. The fraction of sp³-hybridized carbons (Fsp3) is 0.0345. The van der Waals surface area contributed by atoms with Gasteiger partial charge in [-0.1, -0.05) is 42.5 Å². The molecule has 0 aliphatic carbocycles. The Labute approximate surface area is 203 Å². The molecule has 5 aromatic rings. The SMILES string of the molecule is Cc1ccc(-c2[c-]ccc(-c3ccccc3)c2)nc1.[Ir+3].[c-]1ccccc1-c1[c-]cccn1. The zero-order valence-corrected chi connectivity index (χ0v) is 20.0. The number of aromatic nitrogens is 2. The van der Waals surface area contributed by atoms with Crippen molar-refractivity contribution >= 4 is 0 Å². The Morgan fingerprint density at radius 2 is 1.41 bits per heavy atom. The summed E-state index contributed by atoms with van der Waals surface area (Å²) in [6.07, 6.45) is 3.64. The first-order chi connectivity index (χ1) is 15.3. The van der Waals surface area contributed by atoms with Crippen LogP contribution in [0, 0.1) is 25.1 Å². The molecule has 0 fully saturated rings. The van der Waals surface area contributed by atoms with Crippen LogP contribution in [0.25, 0.3) is 33.6 Å². The smallest absolute Gasteiger partial charge is 0.344 e. The van der Waals surface area contributed by atoms with Gasteiger partial charge < -0.3 is 9.97 Å². The molecule has 0 amide bonds. The second-order valence-corrected chi connectivity index (χ2v) is 6.98. The van der Waals surface area contributed by atoms with Crippen molar-refractivity contribution in [2.24, 2.45) is 0 Å². The standard InChI is InChI=1S/C18H14N.C11H7N.Ir/c1-14-10-11-18(19-13-14)17-9-5-8-16(12-17)15-6-3-2-4-7-15;1-2-6-10(7-3-1)11-8-4-5-9-12-11;/h2-8,10-13H,1H3;1-6,9H;/q-1;-2;+3. The largest absolute Gasteiger partial charge is 3.00 e. The first-order valence-corrected chi connectivity index (χ1v) is 10.1. The fourth-order valence-corrected chi connectivity index (χ4v) is 3.06. The molecule has 0 saturated heterocycles. The van der Waals surface area contributed by atoms with Crippen LogP contribution in [-0.4, -0.2) is 9.97 Å². The second kappa shape index (κ2) is 11.9. The molecule has 0 N–H and O–H groups in total. The van der Waals surface area contributed by atoms with E-state index >= 15 is 0 Å². The number of rotatable bonds is 3. The van der Waals surface area contributed by atoms with Gasteiger partial charge in [0.05, 0.1) is 0 Å². The van der Waals surface area contributed by atoms with Gasteiger partial charge in [0.15, 0.2) is 0 Å². The Hall–Kier alpha value is -3.39. The number of aryl methyl sites for hydroxylation is 1. The van der Waals surface area contributed by atoms with Gasteiger partial charge in [0.2, 0.25) is 0 Å². The van der Waals surface area contributed by atoms with E-state index in [-0.39, 0.29) is 20.1 Å². The summed E-state index contributed by atoms with van der Waals surface area (Å²) >= 11 is 0. The number of pyridine rings is 2. The van der Waals surface area contributed by atoms with Crippen LogP contribution in [0.4, 0.5) is 0 Å². The van der Waals surface area contributed by atoms with Gasteiger partial charge in [0.1, 0.15) is 0 Å². The molecule has 2 aromatic heterocycles. The van der Waals surface area contributed by atoms with Crippen LogP contribution in [0.1, 0.15) is 5.56 Å². The molecule has 0 aliphatic rings. The Kier molecular flexibility index (Phi) is 8.62. The maximum Gasteiger partial charge on any atom is 3.00 e. The molecule has 0 radical (unpaired) electrons. The van der Waals surface area contributed by atoms with E-state index in [1.165, 1.54) is 16.7 Å². The molecule has 0 saturated carbocycles. The zero-order chi connectivity index (χ0) is 21.3. The summed E-state index contributed by atoms with van der Waals surface area (Å²) in [7, 11) is 0. The quantitative estimate of drug-likeness (QED) is 0.215. The van der Waals surface area contributed by atoms with Crippen LogP contribution in [0.3, 0.4) is 0 Å². The molecule has 156 valence electrons. The van der Waals surface area contributed by atoms with Gasteiger partial charge in [-0.2, -0.15) is 24.3 Å². The minimum absolute atomic E-state index is 0. The minimum atomic E-state index is 0. The van der Waals surface area contributed by atoms with Gasteiger partial charge in [0.25, 0.3) is 0 Å². The number of nitrogens with zero attached hydrogens (tertiary/aromatic N) is 2. The van der Waals surface area contributed by atoms with Crippen LogP contribution in [0.2, 0.25) is 0 Å². The summed E-state index contributed by atoms with van der Waals surface area (Å²) in [6, 6.07) is 41.5. The molecular formula is C29H21IrN2. The van der Waals surface area contributed by atoms with E-state index in [1.807, 2.05) is 67.7 Å². The van der Waals surface area contributed by atoms with Crippen LogP contribution in [0.15, 0.2) is 109 Å². The fourth-order valence-electron chi connectivity index (χ4n) is 3.06. The van der Waals surface area contributed by atoms with Crippen molar-refractivity contribution in [3.8, 4) is 33.6 Å². The van der Waals surface area contributed by atoms with E-state index in [2.05, 4.69) is 70.6 Å². The molecule has 0 bridgehead atoms. The Bertz CT molecular complexity index is 1170. The molecule has 32 heavy (non-hydrogen) atoms. The Balaban J connectivity index is 0.000000193. The van der Waals surface area contributed by atoms with Gasteiger partial charge >= 0.3 is 20.1 Å². The van der Waals surface area contributed by atoms with E-state index in [4.69, 9.17) is 0 Å². The van der Waals surface area contributed by atoms with Gasteiger partial charge in [-0.3, -0.25) is 0 Å². The van der Waals surface area contributed by atoms with Gasteiger partial charge in [-0.05, 0) is 29.9 Å². The minimum Gasteiger partial charge on any atom is -0.344 e. The van der Waals surface area contributed by atoms with Crippen molar-refractivity contribution < 1.29 is 20.1 Å². The van der Waals surface area contributed by atoms with E-state index in [0.29, 0.717) is 0 Å². The third kappa shape index (κ3) is 6.31. The topological polar surface area (TPSA) is 25.8 Å². The molecule has 3 aromatic carbocycles. The maximum absolute atomic E-state index is 4.45. The van der Waals surface area contributed by atoms with Crippen molar-refractivity contribution in [2.75, 3.05) is 0 Å². The van der Waals surface area contributed by atoms with Gasteiger partial charge in [0, 0.05) is 6.20 Å². The Morgan fingerprint density at radius 1 is 0.625 bits per heavy atom. The number of hydrogen-bond donors (Lipinski definition) is 0. The van der Waals surface area contributed by atoms with Crippen molar-refractivity contribution in [1.82, 2.24) is 9.97 Å². The van der Waals surface area contributed by atoms with Gasteiger partial charge in [-0.15, -0.1) is 53.2 Å². The van der Waals surface area contributed by atoms with Crippen molar-refractivity contribution in [3.05, 3.63) is 133 Å². The number of benzene rings is 3. The summed E-state index contributed by atoms with van der Waals surface area (Å²) in [6.45, 7) is 2.04. The molecule has 5 rings (SSSR count). The molecule has 2 nitrogen and oxygen atoms in total. The van der Waals surface area contributed by atoms with E-state index in [0.717, 1.165) is 22.5 Å². The van der Waals surface area contributed by atoms with E-state index in [9.17, 15) is 0 Å². The van der Waals surface area contributed by atoms with E-state index in [1.54, 1.807) is 6.20 Å². The predicted octanol–water partition coefficient (Wildman–Crippen LogP) is 6.87. The third-order valence-corrected chi connectivity index (χ3v) is 4.67. The molecule has 0 spiro atoms. The average Bonchev–Trinajstić information content (AvgIpc) is 2.87. The summed E-state index contributed by atoms with van der Waals surface area (Å²) in [5.41, 5.74) is 7.39.